The van der Waals surface area contributed by atoms with Gasteiger partial charge in [0.25, 0.3) is 21.5 Å². The molecule has 3 aromatic carbocycles. The molecule has 172 valence electrons. The first kappa shape index (κ1) is 21.9. The molecule has 0 unspecified atom stereocenters. The van der Waals surface area contributed by atoms with Crippen LogP contribution in [-0.4, -0.2) is 37.0 Å². The van der Waals surface area contributed by atoms with Crippen LogP contribution in [0.25, 0.3) is 16.6 Å². The summed E-state index contributed by atoms with van der Waals surface area (Å²) in [6, 6.07) is 16.7. The topological polar surface area (TPSA) is 121 Å². The van der Waals surface area contributed by atoms with Gasteiger partial charge in [0.05, 0.1) is 44.3 Å². The quantitative estimate of drug-likeness (QED) is 0.450. The van der Waals surface area contributed by atoms with Crippen molar-refractivity contribution in [3.05, 3.63) is 98.2 Å². The molecule has 1 aromatic heterocycles. The molecule has 5 rings (SSSR count). The number of H-pyrrole nitrogens is 1. The van der Waals surface area contributed by atoms with E-state index in [1.165, 1.54) is 18.2 Å². The van der Waals surface area contributed by atoms with E-state index < -0.39 is 21.3 Å². The fraction of sp³-hybridized carbons (Fsp3) is 0.0870. The van der Waals surface area contributed by atoms with Gasteiger partial charge in [0.1, 0.15) is 0 Å². The second kappa shape index (κ2) is 8.15. The molecule has 34 heavy (non-hydrogen) atoms. The number of sulfonamides is 1. The summed E-state index contributed by atoms with van der Waals surface area (Å²) in [6.07, 6.45) is 0. The molecule has 4 aromatic rings. The first-order valence-electron chi connectivity index (χ1n) is 10.2. The van der Waals surface area contributed by atoms with Crippen molar-refractivity contribution < 1.29 is 13.2 Å². The van der Waals surface area contributed by atoms with E-state index in [0.717, 1.165) is 8.87 Å². The van der Waals surface area contributed by atoms with E-state index in [-0.39, 0.29) is 51.2 Å². The lowest BCUT2D eigenvalue weighted by atomic mass is 10.2. The Morgan fingerprint density at radius 2 is 1.62 bits per heavy atom. The second-order valence-electron chi connectivity index (χ2n) is 7.58. The minimum absolute atomic E-state index is 0.000444. The third-order valence-electron chi connectivity index (χ3n) is 5.57. The Balaban J connectivity index is 1.70. The number of nitrogens with one attached hydrogen (secondary N) is 2. The van der Waals surface area contributed by atoms with Crippen molar-refractivity contribution in [1.29, 1.82) is 0 Å². The number of fused-ring (bicyclic) bond motifs is 2. The Morgan fingerprint density at radius 1 is 0.882 bits per heavy atom. The van der Waals surface area contributed by atoms with Crippen LogP contribution in [0.4, 0.5) is 5.69 Å². The highest BCUT2D eigenvalue weighted by molar-refractivity contribution is 7.92. The lowest BCUT2D eigenvalue weighted by Crippen LogP contribution is -2.36. The number of benzene rings is 3. The smallest absolute Gasteiger partial charge is 0.333 e. The number of carbonyl (C=O) groups is 1. The molecule has 0 spiro atoms. The molecule has 11 heteroatoms. The van der Waals surface area contributed by atoms with Gasteiger partial charge in [-0.25, -0.2) is 17.8 Å². The summed E-state index contributed by atoms with van der Waals surface area (Å²) in [5.41, 5.74) is -0.653. The van der Waals surface area contributed by atoms with Gasteiger partial charge in [-0.2, -0.15) is 0 Å². The Hall–Kier alpha value is -3.89. The van der Waals surface area contributed by atoms with Crippen LogP contribution in [0, 0.1) is 0 Å². The number of aromatic nitrogens is 2. The number of carbonyl (C=O) groups excluding carboxylic acids is 1. The molecule has 1 aliphatic heterocycles. The molecule has 0 saturated heterocycles. The molecule has 0 fully saturated rings. The van der Waals surface area contributed by atoms with Crippen LogP contribution in [0.15, 0.2) is 81.2 Å². The van der Waals surface area contributed by atoms with Crippen LogP contribution >= 0.6 is 11.6 Å². The SMILES string of the molecule is O=C1NCCN(S(=O)(=O)c2ccc(Cl)c(-n3c(=O)[nH]c4ccccc4c3=O)c2)c2ccccc21. The lowest BCUT2D eigenvalue weighted by Gasteiger charge is -2.24. The maximum absolute atomic E-state index is 13.7. The second-order valence-corrected chi connectivity index (χ2v) is 9.85. The van der Waals surface area contributed by atoms with E-state index in [9.17, 15) is 22.8 Å². The van der Waals surface area contributed by atoms with E-state index in [1.807, 2.05) is 0 Å². The van der Waals surface area contributed by atoms with Crippen molar-refractivity contribution in [3.63, 3.8) is 0 Å². The van der Waals surface area contributed by atoms with E-state index in [4.69, 9.17) is 11.6 Å². The largest absolute Gasteiger partial charge is 0.350 e. The zero-order chi connectivity index (χ0) is 24.0. The first-order valence-corrected chi connectivity index (χ1v) is 12.0. The van der Waals surface area contributed by atoms with Crippen LogP contribution in [0.2, 0.25) is 5.02 Å². The van der Waals surface area contributed by atoms with Crippen molar-refractivity contribution >= 4 is 44.1 Å². The number of anilines is 1. The third kappa shape index (κ3) is 3.47. The predicted molar refractivity (Wildman–Crippen MR) is 128 cm³/mol. The van der Waals surface area contributed by atoms with Gasteiger partial charge in [-0.05, 0) is 42.5 Å². The maximum atomic E-state index is 13.7. The highest BCUT2D eigenvalue weighted by Gasteiger charge is 2.31. The predicted octanol–water partition coefficient (Wildman–Crippen LogP) is 2.27. The fourth-order valence-corrected chi connectivity index (χ4v) is 5.66. The summed E-state index contributed by atoms with van der Waals surface area (Å²) in [6.45, 7) is 0.108. The number of amides is 1. The minimum atomic E-state index is -4.18. The van der Waals surface area contributed by atoms with Gasteiger partial charge in [-0.15, -0.1) is 0 Å². The van der Waals surface area contributed by atoms with E-state index >= 15 is 0 Å². The van der Waals surface area contributed by atoms with Gasteiger partial charge in [0.15, 0.2) is 0 Å². The average molecular weight is 497 g/mol. The van der Waals surface area contributed by atoms with Crippen molar-refractivity contribution in [2.75, 3.05) is 17.4 Å². The first-order chi connectivity index (χ1) is 16.3. The van der Waals surface area contributed by atoms with Gasteiger partial charge < -0.3 is 10.3 Å². The Labute approximate surface area is 198 Å². The van der Waals surface area contributed by atoms with E-state index in [1.54, 1.807) is 48.5 Å². The normalized spacial score (nSPS) is 13.9. The van der Waals surface area contributed by atoms with Crippen LogP contribution in [-0.2, 0) is 10.0 Å². The molecule has 2 heterocycles. The number of nitrogens with zero attached hydrogens (tertiary/aromatic N) is 2. The van der Waals surface area contributed by atoms with E-state index in [2.05, 4.69) is 10.3 Å². The summed E-state index contributed by atoms with van der Waals surface area (Å²) >= 11 is 6.31. The summed E-state index contributed by atoms with van der Waals surface area (Å²) in [4.78, 5) is 40.6. The monoisotopic (exact) mass is 496 g/mol. The van der Waals surface area contributed by atoms with E-state index in [0.29, 0.717) is 5.52 Å². The molecular weight excluding hydrogens is 480 g/mol. The van der Waals surface area contributed by atoms with Crippen LogP contribution in [0.5, 0.6) is 0 Å². The molecule has 1 amide bonds. The Kier molecular flexibility index (Phi) is 5.26. The molecule has 1 aliphatic rings. The molecule has 0 bridgehead atoms. The van der Waals surface area contributed by atoms with Crippen LogP contribution in [0.1, 0.15) is 10.4 Å². The summed E-state index contributed by atoms with van der Waals surface area (Å²) in [5, 5.41) is 2.95. The molecular formula is C23H17ClN4O5S. The summed E-state index contributed by atoms with van der Waals surface area (Å²) in [5.74, 6) is -0.376. The average Bonchev–Trinajstić information content (AvgIpc) is 2.99. The number of hydrogen-bond acceptors (Lipinski definition) is 5. The number of para-hydroxylation sites is 2. The molecule has 0 saturated carbocycles. The summed E-state index contributed by atoms with van der Waals surface area (Å²) < 4.78 is 29.3. The van der Waals surface area contributed by atoms with Gasteiger partial charge in [-0.3, -0.25) is 13.9 Å². The number of rotatable bonds is 3. The maximum Gasteiger partial charge on any atom is 0.333 e. The number of hydrogen-bond donors (Lipinski definition) is 2. The lowest BCUT2D eigenvalue weighted by molar-refractivity contribution is 0.0958. The fourth-order valence-electron chi connectivity index (χ4n) is 3.95. The van der Waals surface area contributed by atoms with Gasteiger partial charge in [0, 0.05) is 6.54 Å². The van der Waals surface area contributed by atoms with Crippen molar-refractivity contribution in [3.8, 4) is 5.69 Å². The summed E-state index contributed by atoms with van der Waals surface area (Å²) in [7, 11) is -4.18. The van der Waals surface area contributed by atoms with Crippen molar-refractivity contribution in [2.24, 2.45) is 0 Å². The Bertz CT molecular complexity index is 1690. The number of halogens is 1. The van der Waals surface area contributed by atoms with Crippen LogP contribution < -0.4 is 20.9 Å². The molecule has 2 N–H and O–H groups in total. The molecule has 0 aliphatic carbocycles. The highest BCUT2D eigenvalue weighted by Crippen LogP contribution is 2.30. The van der Waals surface area contributed by atoms with Gasteiger partial charge >= 0.3 is 5.69 Å². The zero-order valence-electron chi connectivity index (χ0n) is 17.5. The standard InChI is InChI=1S/C23H17ClN4O5S/c24-17-10-9-14(13-20(17)28-22(30)15-5-1-3-7-18(15)26-23(28)31)34(32,33)27-12-11-25-21(29)16-6-2-4-8-19(16)27/h1-10,13H,11-12H2,(H,25,29)(H,26,31). The minimum Gasteiger partial charge on any atom is -0.350 e. The van der Waals surface area contributed by atoms with Gasteiger partial charge in [0.2, 0.25) is 0 Å². The molecule has 0 atom stereocenters. The highest BCUT2D eigenvalue weighted by atomic mass is 35.5. The van der Waals surface area contributed by atoms with Crippen molar-refractivity contribution in [1.82, 2.24) is 14.9 Å². The van der Waals surface area contributed by atoms with Gasteiger partial charge in [-0.1, -0.05) is 35.9 Å². The zero-order valence-corrected chi connectivity index (χ0v) is 19.1. The van der Waals surface area contributed by atoms with Crippen molar-refractivity contribution in [2.45, 2.75) is 4.90 Å². The molecule has 9 nitrogen and oxygen atoms in total. The van der Waals surface area contributed by atoms with Crippen LogP contribution in [0.3, 0.4) is 0 Å². The molecule has 0 radical (unpaired) electrons. The number of aromatic amines is 1. The Morgan fingerprint density at radius 3 is 2.44 bits per heavy atom. The third-order valence-corrected chi connectivity index (χ3v) is 7.70.